The lowest BCUT2D eigenvalue weighted by molar-refractivity contribution is -0.134. The fraction of sp³-hybridized carbons (Fsp3) is 0.710. The number of hydrogen-bond donors (Lipinski definition) is 0. The van der Waals surface area contributed by atoms with Crippen LogP contribution in [0.5, 0.6) is 0 Å². The predicted octanol–water partition coefficient (Wildman–Crippen LogP) is 7.79. The second-order valence-electron chi connectivity index (χ2n) is 12.8. The van der Waals surface area contributed by atoms with E-state index in [0.717, 1.165) is 18.8 Å². The second-order valence-corrected chi connectivity index (χ2v) is 15.9. The molecule has 1 heterocycles. The minimum atomic E-state index is -0.132. The summed E-state index contributed by atoms with van der Waals surface area (Å²) < 4.78 is 0.373. The molecular formula is C31H43NOS2. The number of ketones is 1. The van der Waals surface area contributed by atoms with Crippen LogP contribution < -0.4 is 4.90 Å². The van der Waals surface area contributed by atoms with Crippen molar-refractivity contribution in [3.8, 4) is 0 Å². The molecule has 7 atom stereocenters. The maximum Gasteiger partial charge on any atom is 0.141 e. The van der Waals surface area contributed by atoms with Gasteiger partial charge >= 0.3 is 0 Å². The highest BCUT2D eigenvalue weighted by Crippen LogP contribution is 2.67. The van der Waals surface area contributed by atoms with E-state index in [9.17, 15) is 4.79 Å². The van der Waals surface area contributed by atoms with Crippen LogP contribution in [0.15, 0.2) is 35.9 Å². The molecule has 2 nitrogen and oxygen atoms in total. The number of rotatable bonds is 3. The first-order valence-electron chi connectivity index (χ1n) is 14.1. The molecule has 1 aromatic carbocycles. The first-order chi connectivity index (χ1) is 16.7. The molecule has 0 radical (unpaired) electrons. The quantitative estimate of drug-likeness (QED) is 0.387. The number of carbonyl (C=O) groups is 1. The molecule has 4 fully saturated rings. The topological polar surface area (TPSA) is 20.3 Å². The highest BCUT2D eigenvalue weighted by Gasteiger charge is 2.61. The van der Waals surface area contributed by atoms with E-state index in [-0.39, 0.29) is 11.3 Å². The molecular weight excluding hydrogens is 466 g/mol. The van der Waals surface area contributed by atoms with Gasteiger partial charge in [0.05, 0.1) is 4.08 Å². The molecule has 2 unspecified atom stereocenters. The Morgan fingerprint density at radius 2 is 1.77 bits per heavy atom. The summed E-state index contributed by atoms with van der Waals surface area (Å²) in [5, 5.41) is 0. The molecule has 1 aromatic rings. The maximum atomic E-state index is 13.6. The van der Waals surface area contributed by atoms with Crippen LogP contribution in [0.1, 0.15) is 77.7 Å². The molecule has 0 amide bonds. The molecule has 0 aromatic heterocycles. The molecule has 6 rings (SSSR count). The lowest BCUT2D eigenvalue weighted by Gasteiger charge is -2.56. The minimum absolute atomic E-state index is 0.132. The van der Waals surface area contributed by atoms with E-state index in [1.807, 2.05) is 0 Å². The summed E-state index contributed by atoms with van der Waals surface area (Å²) in [7, 11) is 2.19. The van der Waals surface area contributed by atoms with Crippen LogP contribution in [-0.4, -0.2) is 34.5 Å². The Labute approximate surface area is 221 Å². The molecule has 1 saturated heterocycles. The Hall–Kier alpha value is -0.870. The van der Waals surface area contributed by atoms with E-state index < -0.39 is 0 Å². The molecule has 4 heteroatoms. The van der Waals surface area contributed by atoms with Gasteiger partial charge in [0.2, 0.25) is 0 Å². The smallest absolute Gasteiger partial charge is 0.141 e. The number of anilines is 1. The fourth-order valence-electron chi connectivity index (χ4n) is 8.85. The van der Waals surface area contributed by atoms with Crippen molar-refractivity contribution in [1.82, 2.24) is 0 Å². The van der Waals surface area contributed by atoms with Gasteiger partial charge < -0.3 is 4.90 Å². The molecule has 3 saturated carbocycles. The Kier molecular flexibility index (Phi) is 6.19. The van der Waals surface area contributed by atoms with Gasteiger partial charge in [-0.25, -0.2) is 0 Å². The third kappa shape index (κ3) is 3.87. The SMILES string of the molecule is CC(C)N(C)c1ccc([C@H]2C[C@]3(C)C(=O)[C@H](C)CC3[C@@H]3CCC4=CC5(CC[C@@H]4C32)SCCS5)cc1. The molecule has 0 bridgehead atoms. The fourth-order valence-corrected chi connectivity index (χ4v) is 12.0. The third-order valence-electron chi connectivity index (χ3n) is 10.8. The zero-order chi connectivity index (χ0) is 24.5. The molecule has 35 heavy (non-hydrogen) atoms. The molecule has 0 N–H and O–H groups in total. The summed E-state index contributed by atoms with van der Waals surface area (Å²) in [6.45, 7) is 9.06. The number of benzene rings is 1. The van der Waals surface area contributed by atoms with Crippen LogP contribution in [0, 0.1) is 35.0 Å². The van der Waals surface area contributed by atoms with Crippen LogP contribution in [0.25, 0.3) is 0 Å². The number of Topliss-reactive ketones (excluding diaryl/α,β-unsaturated/α-hetero) is 1. The molecule has 190 valence electrons. The third-order valence-corrected chi connectivity index (χ3v) is 14.2. The van der Waals surface area contributed by atoms with Crippen molar-refractivity contribution in [3.05, 3.63) is 41.5 Å². The lowest BCUT2D eigenvalue weighted by atomic mass is 9.48. The van der Waals surface area contributed by atoms with Crippen LogP contribution in [0.3, 0.4) is 0 Å². The summed E-state index contributed by atoms with van der Waals surface area (Å²) in [6, 6.07) is 9.98. The van der Waals surface area contributed by atoms with Crippen LogP contribution in [0.2, 0.25) is 0 Å². The van der Waals surface area contributed by atoms with E-state index in [1.165, 1.54) is 48.4 Å². The van der Waals surface area contributed by atoms with Crippen molar-refractivity contribution >= 4 is 35.0 Å². The summed E-state index contributed by atoms with van der Waals surface area (Å²) in [5.74, 6) is 6.63. The van der Waals surface area contributed by atoms with Gasteiger partial charge in [0.25, 0.3) is 0 Å². The number of nitrogens with zero attached hydrogens (tertiary/aromatic N) is 1. The van der Waals surface area contributed by atoms with E-state index >= 15 is 0 Å². The van der Waals surface area contributed by atoms with E-state index in [2.05, 4.69) is 93.5 Å². The summed E-state index contributed by atoms with van der Waals surface area (Å²) in [4.78, 5) is 15.9. The number of hydrogen-bond acceptors (Lipinski definition) is 4. The molecule has 4 aliphatic carbocycles. The largest absolute Gasteiger partial charge is 0.372 e. The van der Waals surface area contributed by atoms with Gasteiger partial charge in [-0.3, -0.25) is 4.79 Å². The number of thioether (sulfide) groups is 2. The first-order valence-corrected chi connectivity index (χ1v) is 16.1. The summed E-state index contributed by atoms with van der Waals surface area (Å²) in [5.41, 5.74) is 4.43. The zero-order valence-corrected chi connectivity index (χ0v) is 23.9. The monoisotopic (exact) mass is 509 g/mol. The van der Waals surface area contributed by atoms with E-state index in [4.69, 9.17) is 0 Å². The second kappa shape index (κ2) is 8.86. The lowest BCUT2D eigenvalue weighted by Crippen LogP contribution is -2.50. The molecule has 1 spiro atoms. The average Bonchev–Trinajstić information content (AvgIpc) is 3.40. The van der Waals surface area contributed by atoms with Crippen LogP contribution >= 0.6 is 23.5 Å². The van der Waals surface area contributed by atoms with Crippen molar-refractivity contribution in [2.45, 2.75) is 82.3 Å². The number of fused-ring (bicyclic) bond motifs is 5. The minimum Gasteiger partial charge on any atom is -0.372 e. The Bertz CT molecular complexity index is 1010. The highest BCUT2D eigenvalue weighted by atomic mass is 32.2. The van der Waals surface area contributed by atoms with E-state index in [0.29, 0.717) is 39.6 Å². The predicted molar refractivity (Wildman–Crippen MR) is 152 cm³/mol. The van der Waals surface area contributed by atoms with Crippen molar-refractivity contribution in [2.24, 2.45) is 35.0 Å². The Balaban J connectivity index is 1.39. The van der Waals surface area contributed by atoms with Gasteiger partial charge in [-0.15, -0.1) is 23.5 Å². The van der Waals surface area contributed by atoms with Gasteiger partial charge in [-0.2, -0.15) is 0 Å². The number of allylic oxidation sites excluding steroid dienone is 1. The van der Waals surface area contributed by atoms with Gasteiger partial charge in [0, 0.05) is 41.6 Å². The maximum absolute atomic E-state index is 13.6. The van der Waals surface area contributed by atoms with Crippen molar-refractivity contribution in [1.29, 1.82) is 0 Å². The Morgan fingerprint density at radius 1 is 1.06 bits per heavy atom. The zero-order valence-electron chi connectivity index (χ0n) is 22.3. The van der Waals surface area contributed by atoms with Gasteiger partial charge in [0.15, 0.2) is 0 Å². The van der Waals surface area contributed by atoms with Crippen LogP contribution in [0.4, 0.5) is 5.69 Å². The molecule has 5 aliphatic rings. The van der Waals surface area contributed by atoms with Crippen molar-refractivity contribution in [2.75, 3.05) is 23.5 Å². The summed E-state index contributed by atoms with van der Waals surface area (Å²) >= 11 is 4.41. The van der Waals surface area contributed by atoms with Gasteiger partial charge in [-0.1, -0.05) is 37.6 Å². The standard InChI is InChI=1S/C31H43NOS2/c1-19(2)32(5)23-9-6-21(7-10-23)26-18-30(4)27(16-20(3)29(30)33)25-11-8-22-17-31(34-14-15-35-31)13-12-24(22)28(25)26/h6-7,9-10,17,19-20,24-28H,8,11-16,18H2,1-5H3/t20-,24+,25+,26-,27?,28?,30+/m1/s1. The first kappa shape index (κ1) is 24.5. The highest BCUT2D eigenvalue weighted by molar-refractivity contribution is 8.21. The normalized spacial score (nSPS) is 39.8. The van der Waals surface area contributed by atoms with Crippen molar-refractivity contribution in [3.63, 3.8) is 0 Å². The van der Waals surface area contributed by atoms with Gasteiger partial charge in [0.1, 0.15) is 5.78 Å². The number of carbonyl (C=O) groups excluding carboxylic acids is 1. The van der Waals surface area contributed by atoms with E-state index in [1.54, 1.807) is 5.57 Å². The van der Waals surface area contributed by atoms with Crippen molar-refractivity contribution < 1.29 is 4.79 Å². The van der Waals surface area contributed by atoms with Gasteiger partial charge in [-0.05, 0) is 99.7 Å². The van der Waals surface area contributed by atoms with Crippen LogP contribution in [-0.2, 0) is 4.79 Å². The molecule has 1 aliphatic heterocycles. The summed E-state index contributed by atoms with van der Waals surface area (Å²) in [6.07, 6.45) is 10.2. The average molecular weight is 510 g/mol. The Morgan fingerprint density at radius 3 is 2.46 bits per heavy atom.